The molecule has 1 aromatic rings. The molecular formula is C21H33N3O. The number of nitrogens with one attached hydrogen (secondary N) is 1. The van der Waals surface area contributed by atoms with Crippen molar-refractivity contribution in [2.45, 2.75) is 56.9 Å². The maximum Gasteiger partial charge on any atom is 0.239 e. The molecule has 0 unspecified atom stereocenters. The SMILES string of the molecule is CN(CC(=O)NCC1(N2CCCCC2)CCCCC1)c1ccccc1. The Balaban J connectivity index is 1.56. The van der Waals surface area contributed by atoms with Gasteiger partial charge in [-0.25, -0.2) is 0 Å². The molecule has 0 atom stereocenters. The van der Waals surface area contributed by atoms with Gasteiger partial charge in [-0.05, 0) is 50.9 Å². The summed E-state index contributed by atoms with van der Waals surface area (Å²) in [6.45, 7) is 3.65. The Morgan fingerprint density at radius 2 is 1.68 bits per heavy atom. The van der Waals surface area contributed by atoms with Gasteiger partial charge < -0.3 is 10.2 Å². The van der Waals surface area contributed by atoms with E-state index < -0.39 is 0 Å². The highest BCUT2D eigenvalue weighted by Gasteiger charge is 2.38. The van der Waals surface area contributed by atoms with Crippen LogP contribution in [0.3, 0.4) is 0 Å². The molecule has 1 N–H and O–H groups in total. The molecule has 1 amide bonds. The van der Waals surface area contributed by atoms with Gasteiger partial charge in [0, 0.05) is 24.8 Å². The molecule has 1 heterocycles. The standard InChI is InChI=1S/C21H33N3O/c1-23(19-11-5-2-6-12-19)17-20(25)22-18-21(13-7-3-8-14-21)24-15-9-4-10-16-24/h2,5-6,11-12H,3-4,7-10,13-18H2,1H3,(H,22,25). The number of carbonyl (C=O) groups excluding carboxylic acids is 1. The molecule has 2 fully saturated rings. The van der Waals surface area contributed by atoms with Crippen molar-refractivity contribution in [2.24, 2.45) is 0 Å². The average Bonchev–Trinajstić information content (AvgIpc) is 2.68. The first-order valence-corrected chi connectivity index (χ1v) is 9.98. The monoisotopic (exact) mass is 343 g/mol. The zero-order valence-electron chi connectivity index (χ0n) is 15.7. The Kier molecular flexibility index (Phi) is 6.35. The average molecular weight is 344 g/mol. The quantitative estimate of drug-likeness (QED) is 0.859. The molecule has 3 rings (SSSR count). The number of likely N-dealkylation sites (tertiary alicyclic amines) is 1. The van der Waals surface area contributed by atoms with Crippen LogP contribution in [0.5, 0.6) is 0 Å². The molecule has 4 heteroatoms. The normalized spacial score (nSPS) is 20.8. The fourth-order valence-electron chi connectivity index (χ4n) is 4.49. The molecule has 0 bridgehead atoms. The van der Waals surface area contributed by atoms with E-state index in [-0.39, 0.29) is 11.4 Å². The van der Waals surface area contributed by atoms with Gasteiger partial charge in [-0.2, -0.15) is 0 Å². The molecule has 0 aromatic heterocycles. The third-order valence-corrected chi connectivity index (χ3v) is 6.00. The second-order valence-electron chi connectivity index (χ2n) is 7.80. The number of nitrogens with zero attached hydrogens (tertiary/aromatic N) is 2. The van der Waals surface area contributed by atoms with Crippen LogP contribution >= 0.6 is 0 Å². The number of benzene rings is 1. The predicted octanol–water partition coefficient (Wildman–Crippen LogP) is 3.43. The fraction of sp³-hybridized carbons (Fsp3) is 0.667. The minimum Gasteiger partial charge on any atom is -0.365 e. The minimum absolute atomic E-state index is 0.133. The van der Waals surface area contributed by atoms with Gasteiger partial charge in [0.05, 0.1) is 6.54 Å². The summed E-state index contributed by atoms with van der Waals surface area (Å²) in [4.78, 5) is 17.2. The first-order chi connectivity index (χ1) is 12.2. The smallest absolute Gasteiger partial charge is 0.239 e. The molecule has 0 radical (unpaired) electrons. The van der Waals surface area contributed by atoms with Crippen molar-refractivity contribution in [3.05, 3.63) is 30.3 Å². The third kappa shape index (κ3) is 4.75. The van der Waals surface area contributed by atoms with Crippen molar-refractivity contribution in [1.82, 2.24) is 10.2 Å². The van der Waals surface area contributed by atoms with Crippen molar-refractivity contribution in [3.63, 3.8) is 0 Å². The van der Waals surface area contributed by atoms with Crippen LogP contribution in [-0.4, -0.2) is 49.6 Å². The molecule has 0 spiro atoms. The third-order valence-electron chi connectivity index (χ3n) is 6.00. The minimum atomic E-state index is 0.133. The summed E-state index contributed by atoms with van der Waals surface area (Å²) in [7, 11) is 1.98. The van der Waals surface area contributed by atoms with Crippen molar-refractivity contribution in [3.8, 4) is 0 Å². The maximum absolute atomic E-state index is 12.5. The van der Waals surface area contributed by atoms with Crippen molar-refractivity contribution in [2.75, 3.05) is 38.1 Å². The van der Waals surface area contributed by atoms with Gasteiger partial charge in [0.25, 0.3) is 0 Å². The van der Waals surface area contributed by atoms with Gasteiger partial charge in [0.2, 0.25) is 5.91 Å². The number of hydrogen-bond acceptors (Lipinski definition) is 3. The highest BCUT2D eigenvalue weighted by Crippen LogP contribution is 2.35. The van der Waals surface area contributed by atoms with E-state index in [1.54, 1.807) is 0 Å². The summed E-state index contributed by atoms with van der Waals surface area (Å²) in [5.74, 6) is 0.133. The van der Waals surface area contributed by atoms with Gasteiger partial charge in [0.1, 0.15) is 0 Å². The first kappa shape index (κ1) is 18.2. The number of likely N-dealkylation sites (N-methyl/N-ethyl adjacent to an activating group) is 1. The lowest BCUT2D eigenvalue weighted by atomic mass is 9.79. The molecule has 1 aliphatic heterocycles. The number of carbonyl (C=O) groups is 1. The van der Waals surface area contributed by atoms with E-state index in [1.807, 2.05) is 42.3 Å². The molecule has 25 heavy (non-hydrogen) atoms. The van der Waals surface area contributed by atoms with Gasteiger partial charge in [-0.15, -0.1) is 0 Å². The van der Waals surface area contributed by atoms with E-state index in [2.05, 4.69) is 10.2 Å². The number of piperidine rings is 1. The molecular weight excluding hydrogens is 310 g/mol. The second kappa shape index (κ2) is 8.70. The molecule has 138 valence electrons. The molecule has 1 aromatic carbocycles. The zero-order valence-corrected chi connectivity index (χ0v) is 15.7. The molecule has 1 saturated carbocycles. The first-order valence-electron chi connectivity index (χ1n) is 9.98. The molecule has 2 aliphatic rings. The van der Waals surface area contributed by atoms with Crippen molar-refractivity contribution >= 4 is 11.6 Å². The molecule has 1 aliphatic carbocycles. The lowest BCUT2D eigenvalue weighted by Crippen LogP contribution is -2.58. The number of hydrogen-bond donors (Lipinski definition) is 1. The summed E-state index contributed by atoms with van der Waals surface area (Å²) in [5.41, 5.74) is 1.29. The summed E-state index contributed by atoms with van der Waals surface area (Å²) >= 11 is 0. The van der Waals surface area contributed by atoms with Crippen LogP contribution in [0.15, 0.2) is 30.3 Å². The largest absolute Gasteiger partial charge is 0.365 e. The van der Waals surface area contributed by atoms with E-state index in [0.717, 1.165) is 12.2 Å². The van der Waals surface area contributed by atoms with Gasteiger partial charge >= 0.3 is 0 Å². The fourth-order valence-corrected chi connectivity index (χ4v) is 4.49. The number of anilines is 1. The van der Waals surface area contributed by atoms with Crippen LogP contribution in [0.1, 0.15) is 51.4 Å². The van der Waals surface area contributed by atoms with Crippen LogP contribution < -0.4 is 10.2 Å². The maximum atomic E-state index is 12.5. The lowest BCUT2D eigenvalue weighted by molar-refractivity contribution is -0.120. The van der Waals surface area contributed by atoms with E-state index in [4.69, 9.17) is 0 Å². The van der Waals surface area contributed by atoms with E-state index >= 15 is 0 Å². The summed E-state index contributed by atoms with van der Waals surface area (Å²) in [5, 5.41) is 3.27. The summed E-state index contributed by atoms with van der Waals surface area (Å²) < 4.78 is 0. The number of amides is 1. The van der Waals surface area contributed by atoms with E-state index in [1.165, 1.54) is 64.5 Å². The highest BCUT2D eigenvalue weighted by atomic mass is 16.2. The Bertz CT molecular complexity index is 533. The van der Waals surface area contributed by atoms with Crippen molar-refractivity contribution in [1.29, 1.82) is 0 Å². The highest BCUT2D eigenvalue weighted by molar-refractivity contribution is 5.81. The lowest BCUT2D eigenvalue weighted by Gasteiger charge is -2.48. The molecule has 4 nitrogen and oxygen atoms in total. The zero-order chi connectivity index (χ0) is 17.5. The Morgan fingerprint density at radius 3 is 2.36 bits per heavy atom. The topological polar surface area (TPSA) is 35.6 Å². The van der Waals surface area contributed by atoms with Crippen LogP contribution in [0.25, 0.3) is 0 Å². The van der Waals surface area contributed by atoms with E-state index in [9.17, 15) is 4.79 Å². The molecule has 1 saturated heterocycles. The number of para-hydroxylation sites is 1. The van der Waals surface area contributed by atoms with Crippen molar-refractivity contribution < 1.29 is 4.79 Å². The Labute approximate surface area is 152 Å². The van der Waals surface area contributed by atoms with Crippen LogP contribution in [0.2, 0.25) is 0 Å². The second-order valence-corrected chi connectivity index (χ2v) is 7.80. The van der Waals surface area contributed by atoms with Gasteiger partial charge in [0.15, 0.2) is 0 Å². The van der Waals surface area contributed by atoms with Crippen LogP contribution in [0, 0.1) is 0 Å². The number of rotatable bonds is 6. The summed E-state index contributed by atoms with van der Waals surface area (Å²) in [6.07, 6.45) is 10.4. The Morgan fingerprint density at radius 1 is 1.04 bits per heavy atom. The van der Waals surface area contributed by atoms with E-state index in [0.29, 0.717) is 6.54 Å². The van der Waals surface area contributed by atoms with Crippen LogP contribution in [-0.2, 0) is 4.79 Å². The van der Waals surface area contributed by atoms with Gasteiger partial charge in [-0.1, -0.05) is 43.9 Å². The Hall–Kier alpha value is -1.55. The summed E-state index contributed by atoms with van der Waals surface area (Å²) in [6, 6.07) is 10.1. The van der Waals surface area contributed by atoms with Crippen LogP contribution in [0.4, 0.5) is 5.69 Å². The van der Waals surface area contributed by atoms with Gasteiger partial charge in [-0.3, -0.25) is 9.69 Å². The predicted molar refractivity (Wildman–Crippen MR) is 104 cm³/mol.